The molecule has 0 unspecified atom stereocenters. The third-order valence-corrected chi connectivity index (χ3v) is 10.2. The molecule has 57 heavy (non-hydrogen) atoms. The number of carbonyl (C=O) groups is 2. The van der Waals surface area contributed by atoms with Crippen LogP contribution in [0.25, 0.3) is 17.1 Å². The van der Waals surface area contributed by atoms with Crippen LogP contribution in [0.2, 0.25) is 0 Å². The van der Waals surface area contributed by atoms with E-state index in [9.17, 15) is 24.9 Å². The largest absolute Gasteiger partial charge is 0.508 e. The summed E-state index contributed by atoms with van der Waals surface area (Å²) in [4.78, 5) is 41.6. The SMILES string of the molecule is CCOc1cc(N2CCC(C(=O)Nc3ccc(-n4c(O)nnc4-c4ccc(O)cc4O)cc3)CC2)ccc1Nc1ncc2c(n1)N(C)c1ccccc1C(=O)N2C. The van der Waals surface area contributed by atoms with Gasteiger partial charge in [-0.15, -0.1) is 5.10 Å². The first-order chi connectivity index (χ1) is 27.6. The number of nitrogens with zero attached hydrogens (tertiary/aromatic N) is 8. The minimum Gasteiger partial charge on any atom is -0.508 e. The highest BCUT2D eigenvalue weighted by Gasteiger charge is 2.30. The second kappa shape index (κ2) is 15.1. The van der Waals surface area contributed by atoms with Crippen LogP contribution in [-0.2, 0) is 4.79 Å². The number of amides is 2. The van der Waals surface area contributed by atoms with E-state index >= 15 is 0 Å². The second-order valence-corrected chi connectivity index (χ2v) is 13.7. The van der Waals surface area contributed by atoms with E-state index in [1.54, 1.807) is 48.5 Å². The molecule has 6 aromatic rings. The van der Waals surface area contributed by atoms with Crippen molar-refractivity contribution in [2.75, 3.05) is 59.1 Å². The molecule has 16 nitrogen and oxygen atoms in total. The highest BCUT2D eigenvalue weighted by molar-refractivity contribution is 6.13. The highest BCUT2D eigenvalue weighted by Crippen LogP contribution is 2.40. The zero-order chi connectivity index (χ0) is 39.8. The lowest BCUT2D eigenvalue weighted by molar-refractivity contribution is -0.120. The molecule has 2 amide bonds. The fourth-order valence-corrected chi connectivity index (χ4v) is 7.20. The summed E-state index contributed by atoms with van der Waals surface area (Å²) in [7, 11) is 3.60. The highest BCUT2D eigenvalue weighted by atomic mass is 16.5. The molecule has 0 aliphatic carbocycles. The van der Waals surface area contributed by atoms with E-state index in [4.69, 9.17) is 9.72 Å². The summed E-state index contributed by atoms with van der Waals surface area (Å²) in [6.07, 6.45) is 2.94. The molecule has 16 heteroatoms. The van der Waals surface area contributed by atoms with E-state index in [1.807, 2.05) is 55.3 Å². The monoisotopic (exact) mass is 768 g/mol. The van der Waals surface area contributed by atoms with Gasteiger partial charge in [-0.3, -0.25) is 9.59 Å². The molecule has 5 N–H and O–H groups in total. The Bertz CT molecular complexity index is 2480. The molecule has 0 atom stereocenters. The quantitative estimate of drug-likeness (QED) is 0.112. The number of para-hydroxylation sites is 1. The van der Waals surface area contributed by atoms with Gasteiger partial charge in [0.15, 0.2) is 11.6 Å². The molecule has 2 aliphatic heterocycles. The van der Waals surface area contributed by atoms with Crippen molar-refractivity contribution in [2.45, 2.75) is 19.8 Å². The van der Waals surface area contributed by atoms with Gasteiger partial charge < -0.3 is 45.4 Å². The van der Waals surface area contributed by atoms with Crippen molar-refractivity contribution >= 4 is 52.0 Å². The molecule has 4 heterocycles. The summed E-state index contributed by atoms with van der Waals surface area (Å²) < 4.78 is 7.42. The van der Waals surface area contributed by atoms with Crippen LogP contribution < -0.4 is 30.1 Å². The lowest BCUT2D eigenvalue weighted by Gasteiger charge is -2.33. The van der Waals surface area contributed by atoms with Gasteiger partial charge in [0, 0.05) is 56.6 Å². The summed E-state index contributed by atoms with van der Waals surface area (Å²) in [5.41, 5.74) is 4.96. The average Bonchev–Trinajstić information content (AvgIpc) is 3.58. The number of hydrogen-bond donors (Lipinski definition) is 5. The number of ether oxygens (including phenoxy) is 1. The van der Waals surface area contributed by atoms with Crippen molar-refractivity contribution in [3.8, 4) is 40.3 Å². The van der Waals surface area contributed by atoms with Gasteiger partial charge in [-0.1, -0.05) is 17.2 Å². The Morgan fingerprint density at radius 2 is 1.61 bits per heavy atom. The molecular formula is C41H40N10O6. The third kappa shape index (κ3) is 7.03. The van der Waals surface area contributed by atoms with Gasteiger partial charge in [-0.05, 0) is 80.4 Å². The minimum absolute atomic E-state index is 0.0794. The number of aromatic nitrogens is 5. The van der Waals surface area contributed by atoms with Crippen LogP contribution in [0.5, 0.6) is 23.3 Å². The molecular weight excluding hydrogens is 729 g/mol. The number of hydrogen-bond acceptors (Lipinski definition) is 13. The Morgan fingerprint density at radius 1 is 0.860 bits per heavy atom. The van der Waals surface area contributed by atoms with Gasteiger partial charge in [0.1, 0.15) is 22.9 Å². The number of phenols is 2. The number of nitrogens with one attached hydrogen (secondary N) is 2. The number of fused-ring (bicyclic) bond motifs is 2. The first-order valence-electron chi connectivity index (χ1n) is 18.4. The summed E-state index contributed by atoms with van der Waals surface area (Å²) in [6.45, 7) is 3.71. The van der Waals surface area contributed by atoms with Crippen molar-refractivity contribution in [1.82, 2.24) is 24.7 Å². The maximum atomic E-state index is 13.4. The minimum atomic E-state index is -0.383. The number of rotatable bonds is 9. The van der Waals surface area contributed by atoms with Crippen LogP contribution in [0, 0.1) is 5.92 Å². The molecule has 2 aromatic heterocycles. The standard InChI is InChI=1S/C41H40N10O6/c1-4-57-35-21-27(13-16-31(35)44-40-42-23-33-37(45-40)48(2)32-8-6-5-7-29(32)39(55)49(33)3)50-19-17-24(18-20-50)38(54)43-25-9-11-26(12-10-25)51-36(46-47-41(51)56)30-15-14-28(52)22-34(30)53/h5-16,21-24,52-53H,4,17-20H2,1-3H3,(H,43,54)(H,47,56)(H,42,44,45). The van der Waals surface area contributed by atoms with E-state index < -0.39 is 0 Å². The van der Waals surface area contributed by atoms with Gasteiger partial charge in [0.05, 0.1) is 41.0 Å². The van der Waals surface area contributed by atoms with E-state index in [2.05, 4.69) is 30.7 Å². The van der Waals surface area contributed by atoms with Gasteiger partial charge in [-0.2, -0.15) is 4.98 Å². The Balaban J connectivity index is 0.915. The molecule has 0 spiro atoms. The number of anilines is 7. The molecule has 4 aromatic carbocycles. The van der Waals surface area contributed by atoms with Crippen molar-refractivity contribution < 1.29 is 29.6 Å². The van der Waals surface area contributed by atoms with Crippen LogP contribution in [0.15, 0.2) is 91.1 Å². The molecule has 8 rings (SSSR count). The van der Waals surface area contributed by atoms with Gasteiger partial charge in [0.2, 0.25) is 11.9 Å². The predicted molar refractivity (Wildman–Crippen MR) is 216 cm³/mol. The maximum Gasteiger partial charge on any atom is 0.319 e. The molecule has 0 radical (unpaired) electrons. The first kappa shape index (κ1) is 36.6. The predicted octanol–water partition coefficient (Wildman–Crippen LogP) is 6.20. The number of phenolic OH excluding ortho intramolecular Hbond substituents is 2. The van der Waals surface area contributed by atoms with Crippen molar-refractivity contribution in [3.63, 3.8) is 0 Å². The van der Waals surface area contributed by atoms with Crippen LogP contribution in [-0.4, -0.2) is 85.7 Å². The molecule has 290 valence electrons. The number of benzene rings is 4. The molecule has 2 aliphatic rings. The normalized spacial score (nSPS) is 14.2. The third-order valence-electron chi connectivity index (χ3n) is 10.2. The molecule has 1 saturated heterocycles. The molecule has 0 saturated carbocycles. The number of carbonyl (C=O) groups excluding carboxylic acids is 2. The maximum absolute atomic E-state index is 13.4. The fraction of sp³-hybridized carbons (Fsp3) is 0.220. The van der Waals surface area contributed by atoms with E-state index in [1.165, 1.54) is 22.8 Å². The Hall–Kier alpha value is -7.36. The van der Waals surface area contributed by atoms with Gasteiger partial charge >= 0.3 is 6.01 Å². The van der Waals surface area contributed by atoms with Crippen molar-refractivity contribution in [3.05, 3.63) is 96.7 Å². The summed E-state index contributed by atoms with van der Waals surface area (Å²) >= 11 is 0. The zero-order valence-corrected chi connectivity index (χ0v) is 31.4. The Kier molecular flexibility index (Phi) is 9.67. The van der Waals surface area contributed by atoms with E-state index in [0.29, 0.717) is 78.4 Å². The number of piperidine rings is 1. The fourth-order valence-electron chi connectivity index (χ4n) is 7.20. The Morgan fingerprint density at radius 3 is 2.37 bits per heavy atom. The summed E-state index contributed by atoms with van der Waals surface area (Å²) in [5.74, 6) is 1.02. The Labute approximate surface area is 327 Å². The van der Waals surface area contributed by atoms with E-state index in [0.717, 1.165) is 11.4 Å². The summed E-state index contributed by atoms with van der Waals surface area (Å²) in [6, 6.07) is 23.9. The average molecular weight is 769 g/mol. The van der Waals surface area contributed by atoms with Crippen molar-refractivity contribution in [2.24, 2.45) is 5.92 Å². The first-order valence-corrected chi connectivity index (χ1v) is 18.4. The van der Waals surface area contributed by atoms with Crippen LogP contribution >= 0.6 is 0 Å². The van der Waals surface area contributed by atoms with Gasteiger partial charge in [0.25, 0.3) is 5.91 Å². The molecule has 0 bridgehead atoms. The van der Waals surface area contributed by atoms with Gasteiger partial charge in [-0.25, -0.2) is 9.55 Å². The number of aromatic hydroxyl groups is 3. The van der Waals surface area contributed by atoms with Crippen LogP contribution in [0.1, 0.15) is 30.1 Å². The van der Waals surface area contributed by atoms with Crippen LogP contribution in [0.3, 0.4) is 0 Å². The molecule has 1 fully saturated rings. The van der Waals surface area contributed by atoms with Crippen LogP contribution in [0.4, 0.5) is 40.2 Å². The van der Waals surface area contributed by atoms with Crippen molar-refractivity contribution in [1.29, 1.82) is 0 Å². The zero-order valence-electron chi connectivity index (χ0n) is 31.4. The van der Waals surface area contributed by atoms with E-state index in [-0.39, 0.29) is 46.6 Å². The summed E-state index contributed by atoms with van der Waals surface area (Å²) in [5, 5.41) is 44.5. The topological polar surface area (TPSA) is 194 Å². The smallest absolute Gasteiger partial charge is 0.319 e. The second-order valence-electron chi connectivity index (χ2n) is 13.7. The lowest BCUT2D eigenvalue weighted by Crippen LogP contribution is -2.38. The lowest BCUT2D eigenvalue weighted by atomic mass is 9.95.